The standard InChI is InChI=1S/C15H31N/c1-4-6-8-14-11-13(7-5-2)9-10-15(14)12-16-3/h13-16H,4-12H2,1-3H3. The summed E-state index contributed by atoms with van der Waals surface area (Å²) in [4.78, 5) is 0. The Bertz CT molecular complexity index is 167. The molecule has 0 aromatic carbocycles. The van der Waals surface area contributed by atoms with Gasteiger partial charge in [0.15, 0.2) is 0 Å². The molecule has 3 unspecified atom stereocenters. The van der Waals surface area contributed by atoms with E-state index in [9.17, 15) is 0 Å². The van der Waals surface area contributed by atoms with Gasteiger partial charge in [0.05, 0.1) is 0 Å². The molecule has 1 aliphatic rings. The van der Waals surface area contributed by atoms with E-state index < -0.39 is 0 Å². The molecular weight excluding hydrogens is 194 g/mol. The SMILES string of the molecule is CCCCC1CC(CCC)CCC1CNC. The van der Waals surface area contributed by atoms with Crippen molar-refractivity contribution in [2.75, 3.05) is 13.6 Å². The Hall–Kier alpha value is -0.0400. The third-order valence-electron chi connectivity index (χ3n) is 4.34. The molecule has 0 spiro atoms. The van der Waals surface area contributed by atoms with Crippen molar-refractivity contribution in [1.29, 1.82) is 0 Å². The van der Waals surface area contributed by atoms with Crippen LogP contribution in [0.15, 0.2) is 0 Å². The lowest BCUT2D eigenvalue weighted by Crippen LogP contribution is -2.31. The summed E-state index contributed by atoms with van der Waals surface area (Å²) in [5.74, 6) is 3.02. The molecule has 1 heteroatoms. The Kier molecular flexibility index (Phi) is 7.11. The molecule has 0 amide bonds. The maximum absolute atomic E-state index is 3.39. The predicted octanol–water partition coefficient (Wildman–Crippen LogP) is 4.23. The van der Waals surface area contributed by atoms with Crippen LogP contribution in [0.2, 0.25) is 0 Å². The van der Waals surface area contributed by atoms with E-state index in [1.54, 1.807) is 0 Å². The molecule has 3 atom stereocenters. The van der Waals surface area contributed by atoms with Crippen LogP contribution in [-0.4, -0.2) is 13.6 Å². The van der Waals surface area contributed by atoms with Crippen molar-refractivity contribution >= 4 is 0 Å². The highest BCUT2D eigenvalue weighted by molar-refractivity contribution is 4.81. The topological polar surface area (TPSA) is 12.0 Å². The third-order valence-corrected chi connectivity index (χ3v) is 4.34. The van der Waals surface area contributed by atoms with Crippen LogP contribution in [0.5, 0.6) is 0 Å². The molecule has 0 saturated heterocycles. The second-order valence-electron chi connectivity index (χ2n) is 5.69. The van der Waals surface area contributed by atoms with E-state index in [1.807, 2.05) is 0 Å². The van der Waals surface area contributed by atoms with E-state index in [-0.39, 0.29) is 0 Å². The summed E-state index contributed by atoms with van der Waals surface area (Å²) in [6, 6.07) is 0. The second-order valence-corrected chi connectivity index (χ2v) is 5.69. The van der Waals surface area contributed by atoms with Gasteiger partial charge in [-0.25, -0.2) is 0 Å². The van der Waals surface area contributed by atoms with Gasteiger partial charge in [0.1, 0.15) is 0 Å². The molecular formula is C15H31N. The first-order valence-electron chi connectivity index (χ1n) is 7.46. The molecule has 1 nitrogen and oxygen atoms in total. The van der Waals surface area contributed by atoms with Crippen molar-refractivity contribution in [2.45, 2.75) is 65.2 Å². The first kappa shape index (κ1) is 14.0. The van der Waals surface area contributed by atoms with Crippen LogP contribution >= 0.6 is 0 Å². The fourth-order valence-corrected chi connectivity index (χ4v) is 3.45. The number of rotatable bonds is 7. The third kappa shape index (κ3) is 4.45. The van der Waals surface area contributed by atoms with Crippen molar-refractivity contribution in [3.05, 3.63) is 0 Å². The lowest BCUT2D eigenvalue weighted by Gasteiger charge is -2.36. The van der Waals surface area contributed by atoms with Gasteiger partial charge >= 0.3 is 0 Å². The van der Waals surface area contributed by atoms with Crippen LogP contribution in [0.25, 0.3) is 0 Å². The zero-order chi connectivity index (χ0) is 11.8. The fraction of sp³-hybridized carbons (Fsp3) is 1.00. The average molecular weight is 225 g/mol. The molecule has 1 rings (SSSR count). The number of nitrogens with one attached hydrogen (secondary N) is 1. The van der Waals surface area contributed by atoms with Crippen LogP contribution in [0.4, 0.5) is 0 Å². The van der Waals surface area contributed by atoms with Crippen molar-refractivity contribution in [3.63, 3.8) is 0 Å². The zero-order valence-corrected chi connectivity index (χ0v) is 11.6. The molecule has 0 heterocycles. The lowest BCUT2D eigenvalue weighted by atomic mass is 9.71. The average Bonchev–Trinajstić information content (AvgIpc) is 2.30. The van der Waals surface area contributed by atoms with Gasteiger partial charge in [0.25, 0.3) is 0 Å². The molecule has 1 saturated carbocycles. The fourth-order valence-electron chi connectivity index (χ4n) is 3.45. The molecule has 0 aliphatic heterocycles. The van der Waals surface area contributed by atoms with Gasteiger partial charge in [-0.1, -0.05) is 52.4 Å². The molecule has 0 radical (unpaired) electrons. The van der Waals surface area contributed by atoms with E-state index in [4.69, 9.17) is 0 Å². The molecule has 1 aliphatic carbocycles. The maximum atomic E-state index is 3.39. The summed E-state index contributed by atoms with van der Waals surface area (Å²) in [6.07, 6.45) is 11.6. The zero-order valence-electron chi connectivity index (χ0n) is 11.6. The van der Waals surface area contributed by atoms with Gasteiger partial charge in [-0.3, -0.25) is 0 Å². The van der Waals surface area contributed by atoms with Gasteiger partial charge in [-0.2, -0.15) is 0 Å². The van der Waals surface area contributed by atoms with Gasteiger partial charge in [0, 0.05) is 0 Å². The second kappa shape index (κ2) is 8.11. The van der Waals surface area contributed by atoms with Crippen LogP contribution in [0, 0.1) is 17.8 Å². The summed E-state index contributed by atoms with van der Waals surface area (Å²) in [6.45, 7) is 5.90. The molecule has 0 aromatic heterocycles. The Balaban J connectivity index is 2.40. The van der Waals surface area contributed by atoms with Crippen LogP contribution in [-0.2, 0) is 0 Å². The van der Waals surface area contributed by atoms with Crippen LogP contribution in [0.1, 0.15) is 65.2 Å². The van der Waals surface area contributed by atoms with Gasteiger partial charge in [0.2, 0.25) is 0 Å². The maximum Gasteiger partial charge on any atom is -0.00209 e. The summed E-state index contributed by atoms with van der Waals surface area (Å²) < 4.78 is 0. The van der Waals surface area contributed by atoms with Crippen molar-refractivity contribution < 1.29 is 0 Å². The normalized spacial score (nSPS) is 30.6. The monoisotopic (exact) mass is 225 g/mol. The van der Waals surface area contributed by atoms with Crippen molar-refractivity contribution in [1.82, 2.24) is 5.32 Å². The Morgan fingerprint density at radius 2 is 1.81 bits per heavy atom. The minimum Gasteiger partial charge on any atom is -0.319 e. The summed E-state index contributed by atoms with van der Waals surface area (Å²) in [5.41, 5.74) is 0. The van der Waals surface area contributed by atoms with Gasteiger partial charge in [-0.15, -0.1) is 0 Å². The minimum absolute atomic E-state index is 0.963. The first-order chi connectivity index (χ1) is 7.81. The Morgan fingerprint density at radius 3 is 2.44 bits per heavy atom. The van der Waals surface area contributed by atoms with E-state index in [0.29, 0.717) is 0 Å². The summed E-state index contributed by atoms with van der Waals surface area (Å²) >= 11 is 0. The first-order valence-corrected chi connectivity index (χ1v) is 7.46. The molecule has 96 valence electrons. The number of hydrogen-bond donors (Lipinski definition) is 1. The summed E-state index contributed by atoms with van der Waals surface area (Å²) in [7, 11) is 2.11. The van der Waals surface area contributed by atoms with Crippen molar-refractivity contribution in [2.24, 2.45) is 17.8 Å². The lowest BCUT2D eigenvalue weighted by molar-refractivity contribution is 0.159. The van der Waals surface area contributed by atoms with Gasteiger partial charge in [-0.05, 0) is 44.2 Å². The molecule has 16 heavy (non-hydrogen) atoms. The molecule has 1 fully saturated rings. The number of unbranched alkanes of at least 4 members (excludes halogenated alkanes) is 1. The Morgan fingerprint density at radius 1 is 1.00 bits per heavy atom. The van der Waals surface area contributed by atoms with E-state index >= 15 is 0 Å². The van der Waals surface area contributed by atoms with Crippen molar-refractivity contribution in [3.8, 4) is 0 Å². The highest BCUT2D eigenvalue weighted by Gasteiger charge is 2.28. The quantitative estimate of drug-likeness (QED) is 0.684. The predicted molar refractivity (Wildman–Crippen MR) is 72.7 cm³/mol. The van der Waals surface area contributed by atoms with E-state index in [2.05, 4.69) is 26.2 Å². The van der Waals surface area contributed by atoms with Crippen LogP contribution in [0.3, 0.4) is 0 Å². The number of hydrogen-bond acceptors (Lipinski definition) is 1. The minimum atomic E-state index is 0.963. The molecule has 0 aromatic rings. The van der Waals surface area contributed by atoms with Gasteiger partial charge < -0.3 is 5.32 Å². The highest BCUT2D eigenvalue weighted by atomic mass is 14.8. The smallest absolute Gasteiger partial charge is 0.00209 e. The van der Waals surface area contributed by atoms with E-state index in [0.717, 1.165) is 17.8 Å². The highest BCUT2D eigenvalue weighted by Crippen LogP contribution is 2.38. The Labute approximate surface area is 102 Å². The summed E-state index contributed by atoms with van der Waals surface area (Å²) in [5, 5.41) is 3.39. The molecule has 0 bridgehead atoms. The largest absolute Gasteiger partial charge is 0.319 e. The van der Waals surface area contributed by atoms with E-state index in [1.165, 1.54) is 57.9 Å². The van der Waals surface area contributed by atoms with Crippen LogP contribution < -0.4 is 5.32 Å². The molecule has 1 N–H and O–H groups in total.